The van der Waals surface area contributed by atoms with Crippen LogP contribution in [0.4, 0.5) is 0 Å². The third kappa shape index (κ3) is 4.98. The molecule has 0 saturated heterocycles. The lowest BCUT2D eigenvalue weighted by atomic mass is 9.96. The van der Waals surface area contributed by atoms with Crippen LogP contribution in [0.2, 0.25) is 0 Å². The van der Waals surface area contributed by atoms with Gasteiger partial charge in [-0.15, -0.1) is 0 Å². The Morgan fingerprint density at radius 2 is 1.60 bits per heavy atom. The van der Waals surface area contributed by atoms with E-state index in [0.717, 1.165) is 11.8 Å². The van der Waals surface area contributed by atoms with Gasteiger partial charge >= 0.3 is 0 Å². The summed E-state index contributed by atoms with van der Waals surface area (Å²) in [6.07, 6.45) is 1.11. The Morgan fingerprint density at radius 3 is 2.08 bits per heavy atom. The maximum Gasteiger partial charge on any atom is 0.266 e. The molecule has 1 N–H and O–H groups in total. The fraction of sp³-hybridized carbons (Fsp3) is 0.316. The highest BCUT2D eigenvalue weighted by atomic mass is 32.2. The van der Waals surface area contributed by atoms with Gasteiger partial charge < -0.3 is 0 Å². The monoisotopic (exact) mass is 361 g/mol. The topological polar surface area (TPSA) is 72.5 Å². The lowest BCUT2D eigenvalue weighted by Crippen LogP contribution is -2.55. The molecular formula is C19H23NO4S. The first kappa shape index (κ1) is 19.3. The van der Waals surface area contributed by atoms with Crippen LogP contribution in [0.25, 0.3) is 0 Å². The summed E-state index contributed by atoms with van der Waals surface area (Å²) in [5, 5.41) is 3.10. The Morgan fingerprint density at radius 1 is 1.08 bits per heavy atom. The average molecular weight is 361 g/mol. The number of rotatable bonds is 8. The standard InChI is InChI=1S/C19H23NO4S/c1-4-19(24-25(3,22)23,18(21)17-13-9-6-10-14-17)20-15(2)16-11-7-5-8-12-16/h5-15,20H,4H2,1-3H3/t15-,19+/m1/s1. The maximum atomic E-state index is 13.1. The molecule has 0 spiro atoms. The van der Waals surface area contributed by atoms with Crippen LogP contribution in [-0.4, -0.2) is 26.2 Å². The largest absolute Gasteiger partial charge is 0.289 e. The molecule has 2 aromatic carbocycles. The zero-order valence-electron chi connectivity index (χ0n) is 14.6. The van der Waals surface area contributed by atoms with E-state index < -0.39 is 21.6 Å². The van der Waals surface area contributed by atoms with E-state index in [1.807, 2.05) is 37.3 Å². The molecule has 0 unspecified atom stereocenters. The molecule has 2 aromatic rings. The van der Waals surface area contributed by atoms with Gasteiger partial charge in [0.1, 0.15) is 0 Å². The summed E-state index contributed by atoms with van der Waals surface area (Å²) in [5.41, 5.74) is -0.344. The lowest BCUT2D eigenvalue weighted by Gasteiger charge is -2.34. The Kier molecular flexibility index (Phi) is 6.11. The fourth-order valence-electron chi connectivity index (χ4n) is 2.70. The number of nitrogens with one attached hydrogen (secondary N) is 1. The van der Waals surface area contributed by atoms with Crippen LogP contribution < -0.4 is 5.32 Å². The first-order valence-corrected chi connectivity index (χ1v) is 9.92. The van der Waals surface area contributed by atoms with Crippen LogP contribution in [0.1, 0.15) is 42.2 Å². The van der Waals surface area contributed by atoms with Crippen molar-refractivity contribution in [2.45, 2.75) is 32.0 Å². The average Bonchev–Trinajstić information content (AvgIpc) is 2.60. The number of benzene rings is 2. The van der Waals surface area contributed by atoms with Crippen molar-refractivity contribution in [3.8, 4) is 0 Å². The van der Waals surface area contributed by atoms with Gasteiger partial charge in [-0.1, -0.05) is 67.6 Å². The second kappa shape index (κ2) is 7.91. The molecule has 0 aliphatic rings. The van der Waals surface area contributed by atoms with Crippen LogP contribution >= 0.6 is 0 Å². The van der Waals surface area contributed by atoms with Gasteiger partial charge in [-0.2, -0.15) is 8.42 Å². The van der Waals surface area contributed by atoms with Crippen molar-refractivity contribution in [1.29, 1.82) is 0 Å². The van der Waals surface area contributed by atoms with Crippen LogP contribution in [0.5, 0.6) is 0 Å². The van der Waals surface area contributed by atoms with E-state index in [1.54, 1.807) is 37.3 Å². The van der Waals surface area contributed by atoms with Crippen LogP contribution in [0.3, 0.4) is 0 Å². The van der Waals surface area contributed by atoms with E-state index in [0.29, 0.717) is 5.56 Å². The van der Waals surface area contributed by atoms with Crippen LogP contribution in [0, 0.1) is 0 Å². The van der Waals surface area contributed by atoms with Gasteiger partial charge in [0, 0.05) is 11.6 Å². The van der Waals surface area contributed by atoms with Crippen molar-refractivity contribution in [3.63, 3.8) is 0 Å². The molecule has 2 rings (SSSR count). The number of Topliss-reactive ketones (excluding diaryl/α,β-unsaturated/α-hetero) is 1. The van der Waals surface area contributed by atoms with Crippen LogP contribution in [0.15, 0.2) is 60.7 Å². The molecular weight excluding hydrogens is 338 g/mol. The number of ketones is 1. The zero-order valence-corrected chi connectivity index (χ0v) is 15.4. The van der Waals surface area contributed by atoms with Crippen molar-refractivity contribution in [3.05, 3.63) is 71.8 Å². The van der Waals surface area contributed by atoms with Gasteiger partial charge in [0.15, 0.2) is 0 Å². The van der Waals surface area contributed by atoms with E-state index in [1.165, 1.54) is 0 Å². The van der Waals surface area contributed by atoms with Crippen molar-refractivity contribution in [2.75, 3.05) is 6.26 Å². The van der Waals surface area contributed by atoms with Crippen LogP contribution in [-0.2, 0) is 14.3 Å². The lowest BCUT2D eigenvalue weighted by molar-refractivity contribution is 0.0242. The zero-order chi connectivity index (χ0) is 18.5. The quantitative estimate of drug-likeness (QED) is 0.444. The highest BCUT2D eigenvalue weighted by molar-refractivity contribution is 7.86. The van der Waals surface area contributed by atoms with Gasteiger partial charge in [0.2, 0.25) is 11.5 Å². The molecule has 2 atom stereocenters. The predicted molar refractivity (Wildman–Crippen MR) is 97.7 cm³/mol. The first-order valence-electron chi connectivity index (χ1n) is 8.10. The molecule has 0 heterocycles. The molecule has 134 valence electrons. The molecule has 0 saturated carbocycles. The summed E-state index contributed by atoms with van der Waals surface area (Å²) < 4.78 is 29.0. The molecule has 0 amide bonds. The van der Waals surface area contributed by atoms with Crippen molar-refractivity contribution < 1.29 is 17.4 Å². The van der Waals surface area contributed by atoms with Crippen molar-refractivity contribution >= 4 is 15.9 Å². The number of hydrogen-bond donors (Lipinski definition) is 1. The SMILES string of the molecule is CC[C@](N[C@H](C)c1ccccc1)(OS(C)(=O)=O)C(=O)c1ccccc1. The summed E-state index contributed by atoms with van der Waals surface area (Å²) in [6.45, 7) is 3.58. The molecule has 0 bridgehead atoms. The molecule has 0 fully saturated rings. The van der Waals surface area contributed by atoms with Crippen molar-refractivity contribution in [2.24, 2.45) is 0 Å². The molecule has 0 radical (unpaired) electrons. The molecule has 6 heteroatoms. The van der Waals surface area contributed by atoms with Gasteiger partial charge in [-0.25, -0.2) is 4.18 Å². The second-order valence-electron chi connectivity index (χ2n) is 5.94. The normalized spacial score (nSPS) is 15.3. The minimum Gasteiger partial charge on any atom is -0.289 e. The number of hydrogen-bond acceptors (Lipinski definition) is 5. The van der Waals surface area contributed by atoms with Gasteiger partial charge in [-0.05, 0) is 18.9 Å². The molecule has 0 aliphatic heterocycles. The molecule has 5 nitrogen and oxygen atoms in total. The summed E-state index contributed by atoms with van der Waals surface area (Å²) in [7, 11) is -3.86. The van der Waals surface area contributed by atoms with E-state index in [4.69, 9.17) is 4.18 Å². The Labute approximate surface area is 149 Å². The van der Waals surface area contributed by atoms with Crippen molar-refractivity contribution in [1.82, 2.24) is 5.32 Å². The summed E-state index contributed by atoms with van der Waals surface area (Å²) in [6, 6.07) is 17.7. The van der Waals surface area contributed by atoms with E-state index in [-0.39, 0.29) is 12.5 Å². The first-order chi connectivity index (χ1) is 11.8. The number of carbonyl (C=O) groups excluding carboxylic acids is 1. The molecule has 25 heavy (non-hydrogen) atoms. The highest BCUT2D eigenvalue weighted by Gasteiger charge is 2.42. The minimum atomic E-state index is -3.86. The third-order valence-corrected chi connectivity index (χ3v) is 4.53. The van der Waals surface area contributed by atoms with E-state index in [2.05, 4.69) is 5.32 Å². The highest BCUT2D eigenvalue weighted by Crippen LogP contribution is 2.26. The number of carbonyl (C=O) groups is 1. The van der Waals surface area contributed by atoms with Gasteiger partial charge in [0.05, 0.1) is 6.26 Å². The molecule has 0 aliphatic carbocycles. The summed E-state index contributed by atoms with van der Waals surface area (Å²) >= 11 is 0. The second-order valence-corrected chi connectivity index (χ2v) is 7.51. The molecule has 0 aromatic heterocycles. The predicted octanol–water partition coefficient (Wildman–Crippen LogP) is 3.30. The summed E-state index contributed by atoms with van der Waals surface area (Å²) in [4.78, 5) is 13.1. The third-order valence-electron chi connectivity index (χ3n) is 3.94. The Bertz CT molecular complexity index is 806. The fourth-order valence-corrected chi connectivity index (χ4v) is 3.46. The Balaban J connectivity index is 2.42. The summed E-state index contributed by atoms with van der Waals surface area (Å²) in [5.74, 6) is -0.413. The smallest absolute Gasteiger partial charge is 0.266 e. The van der Waals surface area contributed by atoms with E-state index in [9.17, 15) is 13.2 Å². The van der Waals surface area contributed by atoms with Gasteiger partial charge in [0.25, 0.3) is 10.1 Å². The maximum absolute atomic E-state index is 13.1. The van der Waals surface area contributed by atoms with Gasteiger partial charge in [-0.3, -0.25) is 10.1 Å². The minimum absolute atomic E-state index is 0.158. The van der Waals surface area contributed by atoms with E-state index >= 15 is 0 Å². The Hall–Kier alpha value is -2.02.